The minimum Gasteiger partial charge on any atom is -0.494 e. The normalized spacial score (nSPS) is 11.4. The second-order valence-electron chi connectivity index (χ2n) is 8.18. The molecule has 39 heavy (non-hydrogen) atoms. The zero-order valence-corrected chi connectivity index (χ0v) is 21.4. The summed E-state index contributed by atoms with van der Waals surface area (Å²) in [6.07, 6.45) is 3.59. The van der Waals surface area contributed by atoms with E-state index in [9.17, 15) is 31.5 Å². The summed E-state index contributed by atoms with van der Waals surface area (Å²) in [5.74, 6) is -0.819. The number of hydrogen-bond acceptors (Lipinski definition) is 8. The van der Waals surface area contributed by atoms with Crippen LogP contribution in [0.3, 0.4) is 0 Å². The van der Waals surface area contributed by atoms with Gasteiger partial charge in [-0.2, -0.15) is 18.3 Å². The van der Waals surface area contributed by atoms with Gasteiger partial charge in [-0.25, -0.2) is 23.8 Å². The summed E-state index contributed by atoms with van der Waals surface area (Å²) in [7, 11) is 3.22. The third-order valence-corrected chi connectivity index (χ3v) is 5.25. The lowest BCUT2D eigenvalue weighted by Gasteiger charge is -2.15. The van der Waals surface area contributed by atoms with Crippen molar-refractivity contribution < 1.29 is 31.5 Å². The van der Waals surface area contributed by atoms with E-state index >= 15 is 0 Å². The molecule has 0 aliphatic rings. The number of aromatic nitrogens is 4. The Bertz CT molecular complexity index is 1340. The molecule has 0 saturated carbocycles. The summed E-state index contributed by atoms with van der Waals surface area (Å²) in [5, 5.41) is 4.74. The average Bonchev–Trinajstić information content (AvgIpc) is 2.88. The van der Waals surface area contributed by atoms with Gasteiger partial charge in [0.25, 0.3) is 5.56 Å². The molecule has 0 spiro atoms. The van der Waals surface area contributed by atoms with Crippen molar-refractivity contribution in [3.63, 3.8) is 0 Å². The zero-order valence-electron chi connectivity index (χ0n) is 21.4. The van der Waals surface area contributed by atoms with Gasteiger partial charge in [0.2, 0.25) is 0 Å². The molecule has 1 aromatic carbocycles. The van der Waals surface area contributed by atoms with Crippen LogP contribution in [0.1, 0.15) is 47.7 Å². The molecule has 14 heteroatoms. The van der Waals surface area contributed by atoms with Crippen LogP contribution >= 0.6 is 0 Å². The minimum atomic E-state index is -4.74. The molecule has 0 amide bonds. The summed E-state index contributed by atoms with van der Waals surface area (Å²) in [6.45, 7) is 2.78. The molecule has 0 aliphatic heterocycles. The fraction of sp³-hybridized carbons (Fsp3) is 0.320. The summed E-state index contributed by atoms with van der Waals surface area (Å²) < 4.78 is 70.1. The van der Waals surface area contributed by atoms with E-state index in [-0.39, 0.29) is 22.5 Å². The summed E-state index contributed by atoms with van der Waals surface area (Å²) in [5.41, 5.74) is 1.44. The van der Waals surface area contributed by atoms with Gasteiger partial charge in [0.15, 0.2) is 17.9 Å². The Hall–Kier alpha value is -4.36. The molecule has 2 heterocycles. The zero-order chi connectivity index (χ0) is 29.2. The molecule has 3 aromatic rings. The predicted octanol–water partition coefficient (Wildman–Crippen LogP) is 4.86. The van der Waals surface area contributed by atoms with Gasteiger partial charge < -0.3 is 15.4 Å². The van der Waals surface area contributed by atoms with Crippen LogP contribution in [0.25, 0.3) is 17.2 Å². The summed E-state index contributed by atoms with van der Waals surface area (Å²) in [6, 6.07) is 2.25. The summed E-state index contributed by atoms with van der Waals surface area (Å²) >= 11 is 0. The van der Waals surface area contributed by atoms with Crippen LogP contribution in [0.2, 0.25) is 0 Å². The Morgan fingerprint density at radius 2 is 1.85 bits per heavy atom. The lowest BCUT2D eigenvalue weighted by Crippen LogP contribution is -2.24. The van der Waals surface area contributed by atoms with Gasteiger partial charge in [0.1, 0.15) is 17.2 Å². The SMILES string of the molecule is CCCCCN(C)/C=C(/F)c1cc(-c2ncc(OC)cn2)c(F)cc1C=O.Nc1cn[nH]c(=O)c1C(F)(F)F. The third-order valence-electron chi connectivity index (χ3n) is 5.25. The number of anilines is 1. The first kappa shape index (κ1) is 30.9. The van der Waals surface area contributed by atoms with Crippen molar-refractivity contribution in [3.05, 3.63) is 69.8 Å². The highest BCUT2D eigenvalue weighted by atomic mass is 19.4. The monoisotopic (exact) mass is 554 g/mol. The van der Waals surface area contributed by atoms with Gasteiger partial charge in [0.05, 0.1) is 37.0 Å². The van der Waals surface area contributed by atoms with Crippen molar-refractivity contribution in [2.75, 3.05) is 26.4 Å². The minimum absolute atomic E-state index is 0.00293. The number of rotatable bonds is 9. The van der Waals surface area contributed by atoms with Crippen molar-refractivity contribution in [3.8, 4) is 17.1 Å². The van der Waals surface area contributed by atoms with Gasteiger partial charge in [0, 0.05) is 30.9 Å². The van der Waals surface area contributed by atoms with Crippen LogP contribution in [0.5, 0.6) is 5.75 Å². The van der Waals surface area contributed by atoms with E-state index in [0.717, 1.165) is 31.5 Å². The molecule has 0 bridgehead atoms. The average molecular weight is 555 g/mol. The molecular formula is C25H27F5N6O3. The van der Waals surface area contributed by atoms with Crippen molar-refractivity contribution in [2.24, 2.45) is 0 Å². The highest BCUT2D eigenvalue weighted by Crippen LogP contribution is 2.30. The number of carbonyl (C=O) groups is 1. The smallest absolute Gasteiger partial charge is 0.423 e. The van der Waals surface area contributed by atoms with Gasteiger partial charge >= 0.3 is 6.18 Å². The number of halogens is 5. The molecule has 0 fully saturated rings. The number of nitrogens with one attached hydrogen (secondary N) is 1. The fourth-order valence-electron chi connectivity index (χ4n) is 3.27. The van der Waals surface area contributed by atoms with Crippen molar-refractivity contribution in [1.82, 2.24) is 25.1 Å². The number of aromatic amines is 1. The number of nitrogens with zero attached hydrogens (tertiary/aromatic N) is 4. The van der Waals surface area contributed by atoms with E-state index in [1.165, 1.54) is 31.8 Å². The Morgan fingerprint density at radius 3 is 2.36 bits per heavy atom. The maximum Gasteiger partial charge on any atom is 0.423 e. The number of carbonyl (C=O) groups excluding carboxylic acids is 1. The van der Waals surface area contributed by atoms with E-state index in [4.69, 9.17) is 10.5 Å². The second kappa shape index (κ2) is 14.0. The van der Waals surface area contributed by atoms with Crippen LogP contribution in [0.15, 0.2) is 41.7 Å². The van der Waals surface area contributed by atoms with Crippen molar-refractivity contribution >= 4 is 17.8 Å². The Morgan fingerprint density at radius 1 is 1.18 bits per heavy atom. The van der Waals surface area contributed by atoms with E-state index in [1.54, 1.807) is 17.0 Å². The first-order chi connectivity index (χ1) is 18.4. The highest BCUT2D eigenvalue weighted by Gasteiger charge is 2.36. The van der Waals surface area contributed by atoms with E-state index < -0.39 is 34.6 Å². The molecule has 0 aliphatic carbocycles. The number of benzene rings is 1. The van der Waals surface area contributed by atoms with E-state index in [1.807, 2.05) is 0 Å². The number of methoxy groups -OCH3 is 1. The largest absolute Gasteiger partial charge is 0.494 e. The lowest BCUT2D eigenvalue weighted by atomic mass is 10.0. The molecule has 210 valence electrons. The van der Waals surface area contributed by atoms with Crippen LogP contribution < -0.4 is 16.0 Å². The fourth-order valence-corrected chi connectivity index (χ4v) is 3.27. The Labute approximate surface area is 220 Å². The molecule has 0 saturated heterocycles. The van der Waals surface area contributed by atoms with Gasteiger partial charge in [-0.1, -0.05) is 19.8 Å². The van der Waals surface area contributed by atoms with Crippen LogP contribution in [-0.4, -0.2) is 52.1 Å². The molecule has 3 N–H and O–H groups in total. The molecule has 2 aromatic heterocycles. The number of nitrogen functional groups attached to an aromatic ring is 1. The van der Waals surface area contributed by atoms with Gasteiger partial charge in [-0.3, -0.25) is 9.59 Å². The molecule has 0 atom stereocenters. The molecule has 0 unspecified atom stereocenters. The number of alkyl halides is 3. The van der Waals surface area contributed by atoms with Gasteiger partial charge in [-0.15, -0.1) is 0 Å². The van der Waals surface area contributed by atoms with E-state index in [0.29, 0.717) is 18.6 Å². The second-order valence-corrected chi connectivity index (χ2v) is 8.18. The maximum atomic E-state index is 14.8. The topological polar surface area (TPSA) is 127 Å². The van der Waals surface area contributed by atoms with Gasteiger partial charge in [-0.05, 0) is 18.6 Å². The lowest BCUT2D eigenvalue weighted by molar-refractivity contribution is -0.138. The van der Waals surface area contributed by atoms with Crippen LogP contribution in [-0.2, 0) is 6.18 Å². The highest BCUT2D eigenvalue weighted by molar-refractivity contribution is 5.86. The molecule has 9 nitrogen and oxygen atoms in total. The number of nitrogens with two attached hydrogens (primary N) is 1. The Kier molecular flexibility index (Phi) is 11.1. The first-order valence-electron chi connectivity index (χ1n) is 11.6. The Balaban J connectivity index is 0.000000370. The quantitative estimate of drug-likeness (QED) is 0.218. The maximum absolute atomic E-state index is 14.8. The van der Waals surface area contributed by atoms with E-state index in [2.05, 4.69) is 22.0 Å². The standard InChI is InChI=1S/C20H23F2N3O2.C5H4F3N3O/c1-4-5-6-7-25(2)12-19(22)16-9-17(18(21)8-14(16)13-26)20-23-10-15(27-3)11-24-20;6-5(7,8)3-2(9)1-10-11-4(3)12/h8-13H,4-7H2,1-3H3;1H,(H3,9,11,12)/b19-12+;. The van der Waals surface area contributed by atoms with Crippen molar-refractivity contribution in [1.29, 1.82) is 0 Å². The number of unbranched alkanes of at least 4 members (excludes halogenated alkanes) is 2. The molecule has 0 radical (unpaired) electrons. The first-order valence-corrected chi connectivity index (χ1v) is 11.6. The number of ether oxygens (including phenoxy) is 1. The number of H-pyrrole nitrogens is 1. The van der Waals surface area contributed by atoms with Crippen molar-refractivity contribution in [2.45, 2.75) is 32.4 Å². The number of hydrogen-bond donors (Lipinski definition) is 2. The number of aldehydes is 1. The third kappa shape index (κ3) is 8.58. The molecule has 3 rings (SSSR count). The van der Waals surface area contributed by atoms with Crippen LogP contribution in [0.4, 0.5) is 27.6 Å². The van der Waals surface area contributed by atoms with Crippen LogP contribution in [0, 0.1) is 5.82 Å². The molecular weight excluding hydrogens is 527 g/mol. The summed E-state index contributed by atoms with van der Waals surface area (Å²) in [4.78, 5) is 31.6. The predicted molar refractivity (Wildman–Crippen MR) is 135 cm³/mol.